The van der Waals surface area contributed by atoms with Gasteiger partial charge in [-0.3, -0.25) is 14.4 Å². The second-order valence-corrected chi connectivity index (χ2v) is 6.75. The zero-order chi connectivity index (χ0) is 22.0. The first-order valence-electron chi connectivity index (χ1n) is 8.54. The van der Waals surface area contributed by atoms with Crippen molar-refractivity contribution in [3.05, 3.63) is 29.8 Å². The van der Waals surface area contributed by atoms with Gasteiger partial charge in [-0.15, -0.1) is 0 Å². The van der Waals surface area contributed by atoms with Crippen molar-refractivity contribution in [3.8, 4) is 5.75 Å². The Hall–Kier alpha value is -2.44. The van der Waals surface area contributed by atoms with Gasteiger partial charge in [-0.25, -0.2) is 4.79 Å². The number of thiol groups is 2. The zero-order valence-electron chi connectivity index (χ0n) is 15.4. The number of amides is 3. The van der Waals surface area contributed by atoms with Crippen LogP contribution in [-0.4, -0.2) is 70.1 Å². The number of hydrogen-bond donors (Lipinski definition) is 8. The van der Waals surface area contributed by atoms with Gasteiger partial charge >= 0.3 is 5.97 Å². The highest BCUT2D eigenvalue weighted by Gasteiger charge is 2.28. The first-order valence-corrected chi connectivity index (χ1v) is 9.80. The summed E-state index contributed by atoms with van der Waals surface area (Å²) in [4.78, 5) is 47.7. The van der Waals surface area contributed by atoms with Gasteiger partial charge in [0, 0.05) is 17.9 Å². The molecule has 0 fully saturated rings. The van der Waals surface area contributed by atoms with Crippen LogP contribution in [-0.2, 0) is 25.6 Å². The van der Waals surface area contributed by atoms with Crippen molar-refractivity contribution < 1.29 is 29.4 Å². The molecule has 3 unspecified atom stereocenters. The lowest BCUT2D eigenvalue weighted by molar-refractivity contribution is -0.141. The standard InChI is InChI=1S/C17H24N4O6S2/c18-6-14(23)19-11(5-9-1-3-10(22)4-2-9)15(24)20-12(7-28)16(25)21-13(8-29)17(26)27/h1-4,11-13,22,28-29H,5-8,18H2,(H,19,23)(H,20,24)(H,21,25)(H,26,27). The highest BCUT2D eigenvalue weighted by Crippen LogP contribution is 2.11. The summed E-state index contributed by atoms with van der Waals surface area (Å²) in [5, 5.41) is 25.5. The summed E-state index contributed by atoms with van der Waals surface area (Å²) < 4.78 is 0. The number of carboxylic acid groups (broad SMARTS) is 1. The Kier molecular flexibility index (Phi) is 10.3. The van der Waals surface area contributed by atoms with E-state index in [4.69, 9.17) is 10.8 Å². The number of nitrogens with two attached hydrogens (primary N) is 1. The Morgan fingerprint density at radius 1 is 0.897 bits per heavy atom. The number of phenolic OH excluding ortho intramolecular Hbond substituents is 1. The SMILES string of the molecule is NCC(=O)NC(Cc1ccc(O)cc1)C(=O)NC(CS)C(=O)NC(CS)C(=O)O. The van der Waals surface area contributed by atoms with Gasteiger partial charge in [-0.1, -0.05) is 12.1 Å². The fraction of sp³-hybridized carbons (Fsp3) is 0.412. The second-order valence-electron chi connectivity index (χ2n) is 6.02. The van der Waals surface area contributed by atoms with Gasteiger partial charge in [-0.05, 0) is 17.7 Å². The van der Waals surface area contributed by atoms with E-state index < -0.39 is 41.8 Å². The number of hydrogen-bond acceptors (Lipinski definition) is 8. The number of carbonyl (C=O) groups excluding carboxylic acids is 3. The van der Waals surface area contributed by atoms with Crippen LogP contribution < -0.4 is 21.7 Å². The number of aromatic hydroxyl groups is 1. The minimum absolute atomic E-state index is 0.0460. The maximum absolute atomic E-state index is 12.7. The predicted molar refractivity (Wildman–Crippen MR) is 112 cm³/mol. The number of carbonyl (C=O) groups is 4. The van der Waals surface area contributed by atoms with Crippen LogP contribution in [0.25, 0.3) is 0 Å². The summed E-state index contributed by atoms with van der Waals surface area (Å²) in [6.07, 6.45) is 0.0765. The maximum atomic E-state index is 12.7. The van der Waals surface area contributed by atoms with E-state index in [1.54, 1.807) is 12.1 Å². The summed E-state index contributed by atoms with van der Waals surface area (Å²) >= 11 is 7.88. The molecule has 29 heavy (non-hydrogen) atoms. The Morgan fingerprint density at radius 2 is 1.41 bits per heavy atom. The van der Waals surface area contributed by atoms with Crippen LogP contribution in [0.2, 0.25) is 0 Å². The van der Waals surface area contributed by atoms with Gasteiger partial charge in [0.2, 0.25) is 17.7 Å². The van der Waals surface area contributed by atoms with Gasteiger partial charge in [0.1, 0.15) is 23.9 Å². The second kappa shape index (κ2) is 12.2. The van der Waals surface area contributed by atoms with Crippen LogP contribution in [0, 0.1) is 0 Å². The minimum atomic E-state index is -1.27. The molecule has 1 aromatic carbocycles. The molecule has 0 radical (unpaired) electrons. The van der Waals surface area contributed by atoms with Crippen LogP contribution in [0.3, 0.4) is 0 Å². The molecular formula is C17H24N4O6S2. The Balaban J connectivity index is 2.89. The van der Waals surface area contributed by atoms with Gasteiger partial charge in [-0.2, -0.15) is 25.3 Å². The smallest absolute Gasteiger partial charge is 0.327 e. The van der Waals surface area contributed by atoms with Gasteiger partial charge < -0.3 is 31.9 Å². The molecular weight excluding hydrogens is 420 g/mol. The van der Waals surface area contributed by atoms with Crippen LogP contribution in [0.15, 0.2) is 24.3 Å². The number of aliphatic carboxylic acids is 1. The van der Waals surface area contributed by atoms with Crippen molar-refractivity contribution in [3.63, 3.8) is 0 Å². The van der Waals surface area contributed by atoms with Gasteiger partial charge in [0.05, 0.1) is 6.54 Å². The number of rotatable bonds is 11. The average molecular weight is 445 g/mol. The fourth-order valence-corrected chi connectivity index (χ4v) is 2.76. The molecule has 0 aliphatic rings. The van der Waals surface area contributed by atoms with E-state index in [1.165, 1.54) is 12.1 Å². The molecule has 0 saturated carbocycles. The van der Waals surface area contributed by atoms with Crippen molar-refractivity contribution >= 4 is 48.9 Å². The highest BCUT2D eigenvalue weighted by molar-refractivity contribution is 7.80. The zero-order valence-corrected chi connectivity index (χ0v) is 17.2. The van der Waals surface area contributed by atoms with E-state index in [0.717, 1.165) is 0 Å². The van der Waals surface area contributed by atoms with Crippen molar-refractivity contribution in [1.82, 2.24) is 16.0 Å². The third kappa shape index (κ3) is 8.21. The number of benzene rings is 1. The largest absolute Gasteiger partial charge is 0.508 e. The average Bonchev–Trinajstić information content (AvgIpc) is 2.70. The summed E-state index contributed by atoms with van der Waals surface area (Å²) in [6, 6.07) is 2.62. The van der Waals surface area contributed by atoms with Gasteiger partial charge in [0.15, 0.2) is 0 Å². The number of phenols is 1. The van der Waals surface area contributed by atoms with E-state index in [9.17, 15) is 24.3 Å². The van der Waals surface area contributed by atoms with Crippen molar-refractivity contribution in [2.75, 3.05) is 18.1 Å². The van der Waals surface area contributed by atoms with Gasteiger partial charge in [0.25, 0.3) is 0 Å². The fourth-order valence-electron chi connectivity index (χ4n) is 2.25. The van der Waals surface area contributed by atoms with E-state index in [-0.39, 0.29) is 30.2 Å². The van der Waals surface area contributed by atoms with E-state index in [2.05, 4.69) is 41.2 Å². The van der Waals surface area contributed by atoms with Crippen molar-refractivity contribution in [1.29, 1.82) is 0 Å². The quantitative estimate of drug-likeness (QED) is 0.188. The molecule has 0 aliphatic carbocycles. The Bertz CT molecular complexity index is 731. The molecule has 1 rings (SSSR count). The van der Waals surface area contributed by atoms with E-state index in [1.807, 2.05) is 0 Å². The third-order valence-electron chi connectivity index (χ3n) is 3.83. The van der Waals surface area contributed by atoms with Crippen molar-refractivity contribution in [2.45, 2.75) is 24.5 Å². The Morgan fingerprint density at radius 3 is 1.90 bits per heavy atom. The normalized spacial score (nSPS) is 13.6. The highest BCUT2D eigenvalue weighted by atomic mass is 32.1. The van der Waals surface area contributed by atoms with Crippen LogP contribution in [0.4, 0.5) is 0 Å². The molecule has 0 aliphatic heterocycles. The molecule has 0 spiro atoms. The molecule has 1 aromatic rings. The molecule has 12 heteroatoms. The molecule has 0 aromatic heterocycles. The Labute approximate surface area is 178 Å². The third-order valence-corrected chi connectivity index (χ3v) is 4.56. The summed E-state index contributed by atoms with van der Waals surface area (Å²) in [5.41, 5.74) is 5.94. The molecule has 0 saturated heterocycles. The van der Waals surface area contributed by atoms with Crippen molar-refractivity contribution in [2.24, 2.45) is 5.73 Å². The predicted octanol–water partition coefficient (Wildman–Crippen LogP) is -1.71. The monoisotopic (exact) mass is 444 g/mol. The summed E-state index contributed by atoms with van der Waals surface area (Å²) in [5.74, 6) is -3.45. The molecule has 7 N–H and O–H groups in total. The lowest BCUT2D eigenvalue weighted by Crippen LogP contribution is -2.57. The molecule has 0 bridgehead atoms. The lowest BCUT2D eigenvalue weighted by atomic mass is 10.0. The molecule has 0 heterocycles. The molecule has 10 nitrogen and oxygen atoms in total. The van der Waals surface area contributed by atoms with Crippen LogP contribution in [0.5, 0.6) is 5.75 Å². The number of nitrogens with one attached hydrogen (secondary N) is 3. The first kappa shape index (κ1) is 24.6. The molecule has 160 valence electrons. The number of carboxylic acids is 1. The molecule has 3 atom stereocenters. The lowest BCUT2D eigenvalue weighted by Gasteiger charge is -2.23. The van der Waals surface area contributed by atoms with E-state index >= 15 is 0 Å². The summed E-state index contributed by atoms with van der Waals surface area (Å²) in [6.45, 7) is -0.335. The molecule has 3 amide bonds. The minimum Gasteiger partial charge on any atom is -0.508 e. The topological polar surface area (TPSA) is 171 Å². The van der Waals surface area contributed by atoms with Crippen LogP contribution >= 0.6 is 25.3 Å². The van der Waals surface area contributed by atoms with E-state index in [0.29, 0.717) is 5.56 Å². The first-order chi connectivity index (χ1) is 13.7. The van der Waals surface area contributed by atoms with Crippen LogP contribution in [0.1, 0.15) is 5.56 Å². The summed E-state index contributed by atoms with van der Waals surface area (Å²) in [7, 11) is 0. The maximum Gasteiger partial charge on any atom is 0.327 e.